The minimum atomic E-state index is -0.449. The lowest BCUT2D eigenvalue weighted by Gasteiger charge is -2.04. The lowest BCUT2D eigenvalue weighted by atomic mass is 10.1. The van der Waals surface area contributed by atoms with Gasteiger partial charge in [-0.2, -0.15) is 15.3 Å². The Morgan fingerprint density at radius 1 is 1.19 bits per heavy atom. The van der Waals surface area contributed by atoms with Crippen molar-refractivity contribution in [2.75, 3.05) is 0 Å². The van der Waals surface area contributed by atoms with Crippen molar-refractivity contribution in [2.24, 2.45) is 5.10 Å². The van der Waals surface area contributed by atoms with Crippen LogP contribution < -0.4 is 5.43 Å². The molecule has 0 aliphatic heterocycles. The number of phenolic OH excluding ortho intramolecular Hbond substituents is 1. The van der Waals surface area contributed by atoms with Crippen LogP contribution in [0.2, 0.25) is 0 Å². The molecule has 0 saturated heterocycles. The summed E-state index contributed by atoms with van der Waals surface area (Å²) in [6.07, 6.45) is 1.37. The number of aromatic nitrogens is 4. The van der Waals surface area contributed by atoms with Gasteiger partial charge < -0.3 is 5.11 Å². The second kappa shape index (κ2) is 8.57. The van der Waals surface area contributed by atoms with Crippen molar-refractivity contribution in [3.63, 3.8) is 0 Å². The Hall–Kier alpha value is -3.72. The Kier molecular flexibility index (Phi) is 5.68. The maximum Gasteiger partial charge on any atom is 0.289 e. The molecule has 0 bridgehead atoms. The van der Waals surface area contributed by atoms with Crippen LogP contribution in [-0.2, 0) is 0 Å². The molecule has 0 aliphatic carbocycles. The van der Waals surface area contributed by atoms with Crippen LogP contribution in [0, 0.1) is 13.8 Å². The number of aromatic hydroxyl groups is 1. The molecule has 0 unspecified atom stereocenters. The highest BCUT2D eigenvalue weighted by Crippen LogP contribution is 2.27. The number of carbonyl (C=O) groups is 1. The molecule has 1 amide bonds. The van der Waals surface area contributed by atoms with Crippen LogP contribution >= 0.6 is 15.9 Å². The van der Waals surface area contributed by atoms with E-state index in [2.05, 4.69) is 41.8 Å². The van der Waals surface area contributed by atoms with E-state index in [4.69, 9.17) is 0 Å². The maximum absolute atomic E-state index is 12.4. The molecule has 0 saturated carbocycles. The lowest BCUT2D eigenvalue weighted by molar-refractivity contribution is 0.0950. The lowest BCUT2D eigenvalue weighted by Crippen LogP contribution is -2.18. The van der Waals surface area contributed by atoms with Gasteiger partial charge in [-0.3, -0.25) is 9.89 Å². The normalized spacial score (nSPS) is 11.2. The zero-order chi connectivity index (χ0) is 22.0. The zero-order valence-corrected chi connectivity index (χ0v) is 18.4. The quantitative estimate of drug-likeness (QED) is 0.296. The van der Waals surface area contributed by atoms with Crippen LogP contribution in [0.4, 0.5) is 0 Å². The third-order valence-corrected chi connectivity index (χ3v) is 5.22. The van der Waals surface area contributed by atoms with Crippen molar-refractivity contribution < 1.29 is 9.90 Å². The molecule has 0 radical (unpaired) electrons. The Labute approximate surface area is 186 Å². The number of hydrogen-bond donors (Lipinski definition) is 3. The molecule has 0 aliphatic rings. The minimum absolute atomic E-state index is 0.0615. The molecular weight excluding hydrogens is 460 g/mol. The predicted octanol–water partition coefficient (Wildman–Crippen LogP) is 4.11. The van der Waals surface area contributed by atoms with Crippen LogP contribution in [0.1, 0.15) is 27.4 Å². The Morgan fingerprint density at radius 3 is 2.74 bits per heavy atom. The first-order valence-corrected chi connectivity index (χ1v) is 10.2. The summed E-state index contributed by atoms with van der Waals surface area (Å²) in [7, 11) is 0. The molecule has 156 valence electrons. The van der Waals surface area contributed by atoms with Gasteiger partial charge in [-0.15, -0.1) is 0 Å². The van der Waals surface area contributed by atoms with Crippen LogP contribution in [-0.4, -0.2) is 37.2 Å². The first-order valence-electron chi connectivity index (χ1n) is 9.43. The van der Waals surface area contributed by atoms with E-state index >= 15 is 0 Å². The van der Waals surface area contributed by atoms with Gasteiger partial charge in [0.2, 0.25) is 0 Å². The average Bonchev–Trinajstić information content (AvgIpc) is 3.35. The topological polar surface area (TPSA) is 108 Å². The number of aryl methyl sites for hydroxylation is 1. The molecule has 31 heavy (non-hydrogen) atoms. The molecule has 2 heterocycles. The number of phenols is 1. The summed E-state index contributed by atoms with van der Waals surface area (Å²) in [5.74, 6) is -0.387. The van der Waals surface area contributed by atoms with E-state index in [9.17, 15) is 9.90 Å². The largest absolute Gasteiger partial charge is 0.507 e. The standard InChI is InChI=1S/C22H19BrN6O2/c1-13-21(14(2)29(28-13)17-6-4-3-5-7-17)18-11-19(26-25-18)22(31)27-24-12-15-10-16(23)8-9-20(15)30/h3-12,30H,1-2H3,(H,25,26)(H,27,31)/b24-12+. The van der Waals surface area contributed by atoms with Gasteiger partial charge in [0.1, 0.15) is 11.4 Å². The fourth-order valence-electron chi connectivity index (χ4n) is 3.25. The number of rotatable bonds is 5. The third kappa shape index (κ3) is 4.26. The number of nitrogens with zero attached hydrogens (tertiary/aromatic N) is 4. The van der Waals surface area contributed by atoms with Gasteiger partial charge in [-0.05, 0) is 50.2 Å². The Bertz CT molecular complexity index is 1280. The number of benzene rings is 2. The van der Waals surface area contributed by atoms with Crippen LogP contribution in [0.5, 0.6) is 5.75 Å². The van der Waals surface area contributed by atoms with Gasteiger partial charge in [-0.25, -0.2) is 10.1 Å². The molecule has 2 aromatic carbocycles. The smallest absolute Gasteiger partial charge is 0.289 e. The second-order valence-electron chi connectivity index (χ2n) is 6.86. The van der Waals surface area contributed by atoms with Crippen molar-refractivity contribution >= 4 is 28.1 Å². The van der Waals surface area contributed by atoms with Gasteiger partial charge in [0.05, 0.1) is 29.0 Å². The zero-order valence-electron chi connectivity index (χ0n) is 16.8. The molecular formula is C22H19BrN6O2. The molecule has 0 spiro atoms. The Balaban J connectivity index is 1.53. The average molecular weight is 479 g/mol. The van der Waals surface area contributed by atoms with Crippen LogP contribution in [0.15, 0.2) is 64.2 Å². The fraction of sp³-hybridized carbons (Fsp3) is 0.0909. The maximum atomic E-state index is 12.4. The predicted molar refractivity (Wildman–Crippen MR) is 121 cm³/mol. The number of halogens is 1. The van der Waals surface area contributed by atoms with E-state index in [0.29, 0.717) is 11.3 Å². The number of nitrogens with one attached hydrogen (secondary N) is 2. The van der Waals surface area contributed by atoms with Crippen molar-refractivity contribution in [3.8, 4) is 22.7 Å². The van der Waals surface area contributed by atoms with Crippen LogP contribution in [0.3, 0.4) is 0 Å². The number of H-pyrrole nitrogens is 1. The summed E-state index contributed by atoms with van der Waals surface area (Å²) in [6, 6.07) is 16.4. The van der Waals surface area contributed by atoms with E-state index in [1.54, 1.807) is 18.2 Å². The number of para-hydroxylation sites is 1. The van der Waals surface area contributed by atoms with Crippen molar-refractivity contribution in [1.29, 1.82) is 0 Å². The molecule has 0 fully saturated rings. The first kappa shape index (κ1) is 20.5. The second-order valence-corrected chi connectivity index (χ2v) is 7.78. The van der Waals surface area contributed by atoms with E-state index in [-0.39, 0.29) is 11.4 Å². The van der Waals surface area contributed by atoms with Crippen molar-refractivity contribution in [1.82, 2.24) is 25.4 Å². The molecule has 8 nitrogen and oxygen atoms in total. The Morgan fingerprint density at radius 2 is 1.97 bits per heavy atom. The molecule has 9 heteroatoms. The van der Waals surface area contributed by atoms with Crippen LogP contribution in [0.25, 0.3) is 16.9 Å². The van der Waals surface area contributed by atoms with Crippen molar-refractivity contribution in [3.05, 3.63) is 81.7 Å². The summed E-state index contributed by atoms with van der Waals surface area (Å²) < 4.78 is 2.64. The molecule has 2 aromatic heterocycles. The monoisotopic (exact) mass is 478 g/mol. The summed E-state index contributed by atoms with van der Waals surface area (Å²) in [5.41, 5.74) is 7.33. The minimum Gasteiger partial charge on any atom is -0.507 e. The summed E-state index contributed by atoms with van der Waals surface area (Å²) >= 11 is 3.33. The van der Waals surface area contributed by atoms with E-state index in [1.807, 2.05) is 48.9 Å². The molecule has 4 rings (SSSR count). The van der Waals surface area contributed by atoms with Gasteiger partial charge in [-0.1, -0.05) is 34.1 Å². The first-order chi connectivity index (χ1) is 14.9. The van der Waals surface area contributed by atoms with E-state index < -0.39 is 5.91 Å². The van der Waals surface area contributed by atoms with Gasteiger partial charge in [0.25, 0.3) is 5.91 Å². The number of hydrogen-bond acceptors (Lipinski definition) is 5. The number of aromatic amines is 1. The van der Waals surface area contributed by atoms with Gasteiger partial charge >= 0.3 is 0 Å². The summed E-state index contributed by atoms with van der Waals surface area (Å²) in [6.45, 7) is 3.87. The fourth-order valence-corrected chi connectivity index (χ4v) is 3.63. The highest BCUT2D eigenvalue weighted by atomic mass is 79.9. The number of hydrazone groups is 1. The van der Waals surface area contributed by atoms with E-state index in [0.717, 1.165) is 27.1 Å². The van der Waals surface area contributed by atoms with E-state index in [1.165, 1.54) is 12.3 Å². The van der Waals surface area contributed by atoms with Gasteiger partial charge in [0, 0.05) is 15.6 Å². The summed E-state index contributed by atoms with van der Waals surface area (Å²) in [4.78, 5) is 12.4. The highest BCUT2D eigenvalue weighted by Gasteiger charge is 2.18. The third-order valence-electron chi connectivity index (χ3n) is 4.73. The molecule has 4 aromatic rings. The SMILES string of the molecule is Cc1nn(-c2ccccc2)c(C)c1-c1cc(C(=O)N/N=C/c2cc(Br)ccc2O)[nH]n1. The number of carbonyl (C=O) groups excluding carboxylic acids is 1. The number of amides is 1. The highest BCUT2D eigenvalue weighted by molar-refractivity contribution is 9.10. The molecule has 3 N–H and O–H groups in total. The molecule has 0 atom stereocenters. The van der Waals surface area contributed by atoms with Gasteiger partial charge in [0.15, 0.2) is 0 Å². The summed E-state index contributed by atoms with van der Waals surface area (Å²) in [5, 5.41) is 25.4. The van der Waals surface area contributed by atoms with Crippen molar-refractivity contribution in [2.45, 2.75) is 13.8 Å².